The van der Waals surface area contributed by atoms with Crippen molar-refractivity contribution >= 4 is 33.4 Å². The Morgan fingerprint density at radius 3 is 2.68 bits per heavy atom. The zero-order chi connectivity index (χ0) is 23.5. The number of amides is 1. The number of nitrogens with one attached hydrogen (secondary N) is 1. The third-order valence-corrected chi connectivity index (χ3v) is 7.01. The Morgan fingerprint density at radius 2 is 1.85 bits per heavy atom. The van der Waals surface area contributed by atoms with Crippen LogP contribution in [0.25, 0.3) is 21.8 Å². The van der Waals surface area contributed by atoms with Gasteiger partial charge in [-0.15, -0.1) is 0 Å². The zero-order valence-corrected chi connectivity index (χ0v) is 19.4. The van der Waals surface area contributed by atoms with Crippen molar-refractivity contribution in [3.63, 3.8) is 0 Å². The molecule has 0 aliphatic heterocycles. The topological polar surface area (TPSA) is 78.2 Å². The molecular weight excluding hydrogens is 428 g/mol. The quantitative estimate of drug-likeness (QED) is 0.444. The van der Waals surface area contributed by atoms with Crippen molar-refractivity contribution in [1.82, 2.24) is 14.1 Å². The molecule has 1 fully saturated rings. The van der Waals surface area contributed by atoms with Crippen LogP contribution in [-0.2, 0) is 22.6 Å². The van der Waals surface area contributed by atoms with Crippen LogP contribution in [0.3, 0.4) is 0 Å². The highest BCUT2D eigenvalue weighted by Crippen LogP contribution is 2.32. The number of ether oxygens (including phenoxy) is 1. The number of benzene rings is 2. The van der Waals surface area contributed by atoms with Crippen molar-refractivity contribution in [2.75, 3.05) is 19.0 Å². The van der Waals surface area contributed by atoms with Crippen molar-refractivity contribution in [3.05, 3.63) is 71.4 Å². The summed E-state index contributed by atoms with van der Waals surface area (Å²) in [5, 5.41) is 4.87. The van der Waals surface area contributed by atoms with Gasteiger partial charge in [-0.25, -0.2) is 4.98 Å². The number of carbonyl (C=O) groups excluding carboxylic acids is 1. The van der Waals surface area contributed by atoms with E-state index in [1.165, 1.54) is 0 Å². The molecule has 4 aromatic rings. The van der Waals surface area contributed by atoms with Crippen LogP contribution < -0.4 is 10.9 Å². The van der Waals surface area contributed by atoms with Crippen molar-refractivity contribution in [3.8, 4) is 0 Å². The maximum Gasteiger partial charge on any atom is 0.261 e. The number of carbonyl (C=O) groups is 1. The van der Waals surface area contributed by atoms with Gasteiger partial charge < -0.3 is 14.6 Å². The summed E-state index contributed by atoms with van der Waals surface area (Å²) in [6.07, 6.45) is 7.20. The maximum atomic E-state index is 13.1. The molecule has 2 heterocycles. The number of anilines is 1. The summed E-state index contributed by atoms with van der Waals surface area (Å²) in [6, 6.07) is 15.5. The van der Waals surface area contributed by atoms with E-state index in [2.05, 4.69) is 20.9 Å². The number of aromatic nitrogens is 3. The first-order chi connectivity index (χ1) is 16.6. The molecule has 0 spiro atoms. The number of para-hydroxylation sites is 1. The van der Waals surface area contributed by atoms with Gasteiger partial charge in [-0.05, 0) is 61.9 Å². The van der Waals surface area contributed by atoms with Gasteiger partial charge in [0, 0.05) is 37.7 Å². The minimum atomic E-state index is -0.00599. The van der Waals surface area contributed by atoms with Crippen LogP contribution in [0.4, 0.5) is 5.69 Å². The molecule has 1 aliphatic rings. The Kier molecular flexibility index (Phi) is 6.45. The monoisotopic (exact) mass is 458 g/mol. The Balaban J connectivity index is 1.21. The lowest BCUT2D eigenvalue weighted by Gasteiger charge is -2.28. The molecular formula is C27H30N4O3. The highest BCUT2D eigenvalue weighted by atomic mass is 16.5. The number of nitrogens with zero attached hydrogens (tertiary/aromatic N) is 3. The minimum absolute atomic E-state index is 0.00599. The Morgan fingerprint density at radius 1 is 1.03 bits per heavy atom. The fourth-order valence-corrected chi connectivity index (χ4v) is 5.07. The number of hydrogen-bond acceptors (Lipinski definition) is 4. The molecule has 7 heteroatoms. The minimum Gasteiger partial charge on any atom is -0.383 e. The summed E-state index contributed by atoms with van der Waals surface area (Å²) in [7, 11) is 1.70. The van der Waals surface area contributed by atoms with Crippen LogP contribution in [0.2, 0.25) is 0 Å². The van der Waals surface area contributed by atoms with Gasteiger partial charge in [-0.2, -0.15) is 0 Å². The second kappa shape index (κ2) is 9.81. The second-order valence-corrected chi connectivity index (χ2v) is 9.17. The van der Waals surface area contributed by atoms with E-state index in [1.807, 2.05) is 48.7 Å². The highest BCUT2D eigenvalue weighted by Gasteiger charge is 2.27. The van der Waals surface area contributed by atoms with Gasteiger partial charge in [0.05, 0.1) is 35.0 Å². The predicted octanol–water partition coefficient (Wildman–Crippen LogP) is 4.44. The van der Waals surface area contributed by atoms with Crippen molar-refractivity contribution < 1.29 is 9.53 Å². The summed E-state index contributed by atoms with van der Waals surface area (Å²) in [5.41, 5.74) is 2.69. The van der Waals surface area contributed by atoms with Gasteiger partial charge in [-0.1, -0.05) is 18.2 Å². The molecule has 1 amide bonds. The van der Waals surface area contributed by atoms with E-state index < -0.39 is 0 Å². The number of hydrogen-bond donors (Lipinski definition) is 1. The van der Waals surface area contributed by atoms with Crippen LogP contribution in [0.1, 0.15) is 25.7 Å². The van der Waals surface area contributed by atoms with Crippen LogP contribution in [0.5, 0.6) is 0 Å². The average molecular weight is 459 g/mol. The molecule has 1 saturated carbocycles. The highest BCUT2D eigenvalue weighted by molar-refractivity contribution is 6.02. The van der Waals surface area contributed by atoms with E-state index >= 15 is 0 Å². The van der Waals surface area contributed by atoms with E-state index in [9.17, 15) is 9.59 Å². The van der Waals surface area contributed by atoms with E-state index in [0.717, 1.165) is 54.3 Å². The van der Waals surface area contributed by atoms with Gasteiger partial charge in [0.2, 0.25) is 5.91 Å². The Labute approximate surface area is 198 Å². The normalized spacial score (nSPS) is 18.4. The molecule has 1 N–H and O–H groups in total. The van der Waals surface area contributed by atoms with Gasteiger partial charge in [0.1, 0.15) is 0 Å². The largest absolute Gasteiger partial charge is 0.383 e. The first kappa shape index (κ1) is 22.3. The lowest BCUT2D eigenvalue weighted by molar-refractivity contribution is -0.121. The van der Waals surface area contributed by atoms with Crippen LogP contribution in [0.15, 0.2) is 65.8 Å². The molecule has 0 saturated heterocycles. The van der Waals surface area contributed by atoms with Gasteiger partial charge in [0.15, 0.2) is 0 Å². The van der Waals surface area contributed by atoms with Crippen LogP contribution in [0, 0.1) is 11.8 Å². The van der Waals surface area contributed by atoms with E-state index in [1.54, 1.807) is 18.0 Å². The predicted molar refractivity (Wildman–Crippen MR) is 134 cm³/mol. The standard InChI is InChI=1S/C27H30N4O3/c1-34-16-15-30-14-13-21-24(7-4-8-25(21)30)29-26(32)20-11-9-19(10-12-20)17-31-18-28-23-6-3-2-5-22(23)27(31)33/h2-8,13-14,18-20H,9-12,15-17H2,1H3,(H,29,32). The number of rotatable bonds is 7. The molecule has 1 aliphatic carbocycles. The molecule has 2 aromatic carbocycles. The second-order valence-electron chi connectivity index (χ2n) is 9.17. The first-order valence-electron chi connectivity index (χ1n) is 12.0. The van der Waals surface area contributed by atoms with Crippen molar-refractivity contribution in [2.45, 2.75) is 38.8 Å². The third kappa shape index (κ3) is 4.48. The Hall–Kier alpha value is -3.45. The average Bonchev–Trinajstić information content (AvgIpc) is 3.29. The summed E-state index contributed by atoms with van der Waals surface area (Å²) in [6.45, 7) is 2.07. The van der Waals surface area contributed by atoms with E-state index in [0.29, 0.717) is 24.5 Å². The Bertz CT molecular complexity index is 1370. The molecule has 7 nitrogen and oxygen atoms in total. The van der Waals surface area contributed by atoms with Gasteiger partial charge in [0.25, 0.3) is 5.56 Å². The third-order valence-electron chi connectivity index (χ3n) is 7.01. The van der Waals surface area contributed by atoms with Gasteiger partial charge >= 0.3 is 0 Å². The van der Waals surface area contributed by atoms with Crippen LogP contribution in [-0.4, -0.2) is 33.7 Å². The molecule has 0 bridgehead atoms. The lowest BCUT2D eigenvalue weighted by Crippen LogP contribution is -2.30. The first-order valence-corrected chi connectivity index (χ1v) is 12.0. The van der Waals surface area contributed by atoms with Crippen molar-refractivity contribution in [1.29, 1.82) is 0 Å². The SMILES string of the molecule is COCCn1ccc2c(NC(=O)C3CCC(Cn4cnc5ccccc5c4=O)CC3)cccc21. The molecule has 176 valence electrons. The van der Waals surface area contributed by atoms with Gasteiger partial charge in [-0.3, -0.25) is 14.2 Å². The van der Waals surface area contributed by atoms with E-state index in [4.69, 9.17) is 4.74 Å². The summed E-state index contributed by atoms with van der Waals surface area (Å²) < 4.78 is 9.06. The molecule has 0 atom stereocenters. The fraction of sp³-hybridized carbons (Fsp3) is 0.370. The summed E-state index contributed by atoms with van der Waals surface area (Å²) in [5.74, 6) is 0.455. The summed E-state index contributed by atoms with van der Waals surface area (Å²) >= 11 is 0. The number of fused-ring (bicyclic) bond motifs is 2. The van der Waals surface area contributed by atoms with E-state index in [-0.39, 0.29) is 17.4 Å². The molecule has 34 heavy (non-hydrogen) atoms. The molecule has 5 rings (SSSR count). The maximum absolute atomic E-state index is 13.1. The molecule has 2 aromatic heterocycles. The zero-order valence-electron chi connectivity index (χ0n) is 19.4. The molecule has 0 radical (unpaired) electrons. The summed E-state index contributed by atoms with van der Waals surface area (Å²) in [4.78, 5) is 30.3. The molecule has 0 unspecified atom stereocenters. The lowest BCUT2D eigenvalue weighted by atomic mass is 9.81. The fourth-order valence-electron chi connectivity index (χ4n) is 5.07. The number of methoxy groups -OCH3 is 1. The van der Waals surface area contributed by atoms with Crippen molar-refractivity contribution in [2.24, 2.45) is 11.8 Å². The van der Waals surface area contributed by atoms with Crippen LogP contribution >= 0.6 is 0 Å². The smallest absolute Gasteiger partial charge is 0.261 e.